The molecule has 1 aliphatic heterocycles. The maximum atomic E-state index is 12.4. The molecule has 2 aliphatic rings. The van der Waals surface area contributed by atoms with Crippen LogP contribution in [-0.4, -0.2) is 33.0 Å². The lowest BCUT2D eigenvalue weighted by Crippen LogP contribution is -2.45. The Morgan fingerprint density at radius 2 is 1.95 bits per heavy atom. The van der Waals surface area contributed by atoms with E-state index in [0.717, 1.165) is 42.1 Å². The quantitative estimate of drug-likeness (QED) is 0.861. The average molecular weight is 307 g/mol. The van der Waals surface area contributed by atoms with Crippen LogP contribution in [-0.2, 0) is 14.4 Å². The molecule has 2 heterocycles. The molecule has 1 saturated heterocycles. The highest BCUT2D eigenvalue weighted by molar-refractivity contribution is 7.10. The van der Waals surface area contributed by atoms with Crippen LogP contribution >= 0.6 is 11.5 Å². The van der Waals surface area contributed by atoms with Gasteiger partial charge in [-0.2, -0.15) is 4.37 Å². The molecule has 0 aromatic carbocycles. The van der Waals surface area contributed by atoms with Crippen LogP contribution in [0.15, 0.2) is 12.3 Å². The third kappa shape index (κ3) is 2.46. The minimum atomic E-state index is -0.780. The molecule has 1 aromatic rings. The first kappa shape index (κ1) is 14.2. The molecule has 112 valence electrons. The third-order valence-electron chi connectivity index (χ3n) is 4.33. The molecule has 1 saturated carbocycles. The number of nitrogens with zero attached hydrogens (tertiary/aromatic N) is 2. The molecule has 1 aliphatic carbocycles. The number of amides is 3. The van der Waals surface area contributed by atoms with Gasteiger partial charge in [0.15, 0.2) is 0 Å². The Balaban J connectivity index is 1.74. The Hall–Kier alpha value is -1.76. The molecule has 3 amide bonds. The number of fused-ring (bicyclic) bond motifs is 1. The summed E-state index contributed by atoms with van der Waals surface area (Å²) < 4.78 is 3.90. The van der Waals surface area contributed by atoms with Crippen LogP contribution in [0.3, 0.4) is 0 Å². The SMILES string of the molecule is CC(C(=O)Nc1ccns1)N1C(=O)C2CCCCC2C1=O. The summed E-state index contributed by atoms with van der Waals surface area (Å²) in [5.41, 5.74) is 0. The van der Waals surface area contributed by atoms with E-state index in [1.165, 1.54) is 0 Å². The van der Waals surface area contributed by atoms with E-state index in [1.54, 1.807) is 19.2 Å². The van der Waals surface area contributed by atoms with Crippen molar-refractivity contribution >= 4 is 34.3 Å². The topological polar surface area (TPSA) is 79.4 Å². The van der Waals surface area contributed by atoms with Gasteiger partial charge >= 0.3 is 0 Å². The van der Waals surface area contributed by atoms with E-state index in [9.17, 15) is 14.4 Å². The summed E-state index contributed by atoms with van der Waals surface area (Å²) in [6.45, 7) is 1.60. The highest BCUT2D eigenvalue weighted by atomic mass is 32.1. The molecule has 0 spiro atoms. The van der Waals surface area contributed by atoms with Crippen molar-refractivity contribution in [2.45, 2.75) is 38.6 Å². The molecule has 0 bridgehead atoms. The standard InChI is InChI=1S/C14H17N3O3S/c1-8(12(18)16-11-6-7-15-21-11)17-13(19)9-4-2-3-5-10(9)14(17)20/h6-10H,2-5H2,1H3,(H,16,18). The second-order valence-electron chi connectivity index (χ2n) is 5.59. The molecule has 7 heteroatoms. The fraction of sp³-hybridized carbons (Fsp3) is 0.571. The van der Waals surface area contributed by atoms with E-state index >= 15 is 0 Å². The number of likely N-dealkylation sites (tertiary alicyclic amines) is 1. The predicted octanol–water partition coefficient (Wildman–Crippen LogP) is 1.65. The van der Waals surface area contributed by atoms with Gasteiger partial charge in [-0.05, 0) is 37.4 Å². The van der Waals surface area contributed by atoms with Crippen LogP contribution in [0.1, 0.15) is 32.6 Å². The Morgan fingerprint density at radius 3 is 2.48 bits per heavy atom. The van der Waals surface area contributed by atoms with E-state index in [4.69, 9.17) is 0 Å². The summed E-state index contributed by atoms with van der Waals surface area (Å²) >= 11 is 1.16. The highest BCUT2D eigenvalue weighted by Gasteiger charge is 2.50. The van der Waals surface area contributed by atoms with Gasteiger partial charge in [-0.3, -0.25) is 19.3 Å². The molecule has 3 unspecified atom stereocenters. The first-order valence-corrected chi connectivity index (χ1v) is 7.95. The smallest absolute Gasteiger partial charge is 0.248 e. The van der Waals surface area contributed by atoms with E-state index in [1.807, 2.05) is 0 Å². The van der Waals surface area contributed by atoms with Crippen LogP contribution in [0, 0.1) is 11.8 Å². The van der Waals surface area contributed by atoms with Gasteiger partial charge in [0.25, 0.3) is 0 Å². The largest absolute Gasteiger partial charge is 0.315 e. The lowest BCUT2D eigenvalue weighted by molar-refractivity contribution is -0.146. The Morgan fingerprint density at radius 1 is 1.33 bits per heavy atom. The molecule has 6 nitrogen and oxygen atoms in total. The summed E-state index contributed by atoms with van der Waals surface area (Å²) in [6, 6.07) is 0.903. The summed E-state index contributed by atoms with van der Waals surface area (Å²) in [5, 5.41) is 3.31. The highest BCUT2D eigenvalue weighted by Crippen LogP contribution is 2.38. The first-order valence-electron chi connectivity index (χ1n) is 7.18. The van der Waals surface area contributed by atoms with Gasteiger partial charge in [-0.15, -0.1) is 0 Å². The molecule has 0 radical (unpaired) electrons. The lowest BCUT2D eigenvalue weighted by atomic mass is 9.81. The zero-order chi connectivity index (χ0) is 15.0. The monoisotopic (exact) mass is 307 g/mol. The molecule has 1 aromatic heterocycles. The molecule has 1 N–H and O–H groups in total. The third-order valence-corrected chi connectivity index (χ3v) is 4.99. The van der Waals surface area contributed by atoms with Gasteiger partial charge in [0, 0.05) is 6.20 Å². The number of rotatable bonds is 3. The number of anilines is 1. The fourth-order valence-corrected chi connectivity index (χ4v) is 3.70. The number of carbonyl (C=O) groups is 3. The van der Waals surface area contributed by atoms with Crippen molar-refractivity contribution in [1.82, 2.24) is 9.27 Å². The maximum absolute atomic E-state index is 12.4. The molecule has 3 rings (SSSR count). The van der Waals surface area contributed by atoms with E-state index in [-0.39, 0.29) is 29.6 Å². The number of carbonyl (C=O) groups excluding carboxylic acids is 3. The van der Waals surface area contributed by atoms with Crippen molar-refractivity contribution in [3.8, 4) is 0 Å². The maximum Gasteiger partial charge on any atom is 0.248 e. The number of nitrogens with one attached hydrogen (secondary N) is 1. The molecular weight excluding hydrogens is 290 g/mol. The number of aromatic nitrogens is 1. The number of imide groups is 1. The Bertz CT molecular complexity index is 548. The summed E-state index contributed by atoms with van der Waals surface area (Å²) in [5.74, 6) is -1.15. The van der Waals surface area contributed by atoms with Crippen LogP contribution in [0.4, 0.5) is 5.00 Å². The van der Waals surface area contributed by atoms with Crippen LogP contribution in [0.2, 0.25) is 0 Å². The van der Waals surface area contributed by atoms with Gasteiger partial charge in [0.1, 0.15) is 11.0 Å². The molecule has 21 heavy (non-hydrogen) atoms. The molecule has 2 fully saturated rings. The van der Waals surface area contributed by atoms with Crippen molar-refractivity contribution in [2.24, 2.45) is 11.8 Å². The van der Waals surface area contributed by atoms with Crippen LogP contribution < -0.4 is 5.32 Å². The van der Waals surface area contributed by atoms with Gasteiger partial charge in [-0.1, -0.05) is 12.8 Å². The summed E-state index contributed by atoms with van der Waals surface area (Å²) in [6.07, 6.45) is 5.07. The van der Waals surface area contributed by atoms with Gasteiger partial charge in [-0.25, -0.2) is 0 Å². The lowest BCUT2D eigenvalue weighted by Gasteiger charge is -2.21. The van der Waals surface area contributed by atoms with Gasteiger partial charge < -0.3 is 5.32 Å². The van der Waals surface area contributed by atoms with E-state index < -0.39 is 6.04 Å². The van der Waals surface area contributed by atoms with Crippen LogP contribution in [0.25, 0.3) is 0 Å². The second kappa shape index (κ2) is 5.55. The zero-order valence-corrected chi connectivity index (χ0v) is 12.6. The van der Waals surface area contributed by atoms with Crippen molar-refractivity contribution in [3.05, 3.63) is 12.3 Å². The minimum absolute atomic E-state index is 0.184. The Kier molecular flexibility index (Phi) is 3.75. The average Bonchev–Trinajstić information content (AvgIpc) is 3.07. The van der Waals surface area contributed by atoms with Crippen molar-refractivity contribution in [1.29, 1.82) is 0 Å². The predicted molar refractivity (Wildman–Crippen MR) is 77.5 cm³/mol. The number of hydrogen-bond acceptors (Lipinski definition) is 5. The van der Waals surface area contributed by atoms with Gasteiger partial charge in [0.2, 0.25) is 17.7 Å². The van der Waals surface area contributed by atoms with Crippen molar-refractivity contribution in [3.63, 3.8) is 0 Å². The van der Waals surface area contributed by atoms with Crippen molar-refractivity contribution < 1.29 is 14.4 Å². The molecule has 3 atom stereocenters. The summed E-state index contributed by atoms with van der Waals surface area (Å²) in [7, 11) is 0. The normalized spacial score (nSPS) is 26.6. The van der Waals surface area contributed by atoms with Crippen molar-refractivity contribution in [2.75, 3.05) is 5.32 Å². The van der Waals surface area contributed by atoms with Crippen LogP contribution in [0.5, 0.6) is 0 Å². The van der Waals surface area contributed by atoms with Gasteiger partial charge in [0.05, 0.1) is 11.8 Å². The zero-order valence-electron chi connectivity index (χ0n) is 11.7. The molecular formula is C14H17N3O3S. The van der Waals surface area contributed by atoms with E-state index in [0.29, 0.717) is 5.00 Å². The second-order valence-corrected chi connectivity index (χ2v) is 6.42. The fourth-order valence-electron chi connectivity index (χ4n) is 3.19. The first-order chi connectivity index (χ1) is 10.1. The Labute approximate surface area is 126 Å². The number of hydrogen-bond donors (Lipinski definition) is 1. The van der Waals surface area contributed by atoms with E-state index in [2.05, 4.69) is 9.69 Å². The minimum Gasteiger partial charge on any atom is -0.315 e. The summed E-state index contributed by atoms with van der Waals surface area (Å²) in [4.78, 5) is 38.2.